The highest BCUT2D eigenvalue weighted by atomic mass is 19.1. The lowest BCUT2D eigenvalue weighted by molar-refractivity contribution is -0.131. The molecule has 0 fully saturated rings. The fraction of sp³-hybridized carbons (Fsp3) is 0.667. The summed E-state index contributed by atoms with van der Waals surface area (Å²) >= 11 is 0. The highest BCUT2D eigenvalue weighted by Crippen LogP contribution is 1.89. The fourth-order valence-electron chi connectivity index (χ4n) is 0.407. The first-order chi connectivity index (χ1) is 5.13. The van der Waals surface area contributed by atoms with E-state index in [0.717, 1.165) is 0 Å². The predicted molar refractivity (Wildman–Crippen MR) is 32.3 cm³/mol. The zero-order chi connectivity index (χ0) is 8.69. The van der Waals surface area contributed by atoms with Crippen LogP contribution in [0.3, 0.4) is 0 Å². The summed E-state index contributed by atoms with van der Waals surface area (Å²) in [5.41, 5.74) is 0. The molecule has 0 amide bonds. The second kappa shape index (κ2) is 5.91. The van der Waals surface area contributed by atoms with Gasteiger partial charge in [0.05, 0.1) is 26.1 Å². The molecule has 0 saturated heterocycles. The fourth-order valence-corrected chi connectivity index (χ4v) is 0.407. The van der Waals surface area contributed by atoms with Crippen molar-refractivity contribution in [3.8, 4) is 0 Å². The molecule has 0 saturated carbocycles. The van der Waals surface area contributed by atoms with Gasteiger partial charge in [0.1, 0.15) is 0 Å². The van der Waals surface area contributed by atoms with Gasteiger partial charge in [0.15, 0.2) is 0 Å². The molecule has 11 heavy (non-hydrogen) atoms. The lowest BCUT2D eigenvalue weighted by Crippen LogP contribution is -2.03. The molecule has 0 heterocycles. The van der Waals surface area contributed by atoms with E-state index in [1.54, 1.807) is 0 Å². The quantitative estimate of drug-likeness (QED) is 0.432. The molecule has 0 aromatic rings. The summed E-state index contributed by atoms with van der Waals surface area (Å²) in [5, 5.41) is 0. The highest BCUT2D eigenvalue weighted by molar-refractivity contribution is 5.68. The molecule has 3 nitrogen and oxygen atoms in total. The molecule has 0 aliphatic rings. The van der Waals surface area contributed by atoms with E-state index >= 15 is 0 Å². The maximum absolute atomic E-state index is 11.4. The van der Waals surface area contributed by atoms with Crippen molar-refractivity contribution in [3.05, 3.63) is 0 Å². The van der Waals surface area contributed by atoms with Crippen molar-refractivity contribution in [3.63, 3.8) is 0 Å². The van der Waals surface area contributed by atoms with Crippen LogP contribution in [0.2, 0.25) is 0 Å². The van der Waals surface area contributed by atoms with Crippen LogP contribution in [-0.2, 0) is 14.3 Å². The van der Waals surface area contributed by atoms with Gasteiger partial charge >= 0.3 is 12.1 Å². The monoisotopic (exact) mass is 166 g/mol. The van der Waals surface area contributed by atoms with Crippen LogP contribution < -0.4 is 0 Å². The SMILES string of the molecule is O=C(F)CCOCCC(=O)F. The van der Waals surface area contributed by atoms with Gasteiger partial charge in [0.2, 0.25) is 0 Å². The molecule has 64 valence electrons. The molecule has 0 atom stereocenters. The van der Waals surface area contributed by atoms with Crippen molar-refractivity contribution in [2.45, 2.75) is 12.8 Å². The van der Waals surface area contributed by atoms with Gasteiger partial charge in [-0.25, -0.2) is 0 Å². The zero-order valence-corrected chi connectivity index (χ0v) is 5.81. The Balaban J connectivity index is 3.03. The van der Waals surface area contributed by atoms with Crippen molar-refractivity contribution in [2.75, 3.05) is 13.2 Å². The molecule has 0 aliphatic carbocycles. The molecule has 0 aliphatic heterocycles. The first-order valence-corrected chi connectivity index (χ1v) is 3.07. The van der Waals surface area contributed by atoms with E-state index in [4.69, 9.17) is 0 Å². The minimum Gasteiger partial charge on any atom is -0.380 e. The maximum Gasteiger partial charge on any atom is 0.303 e. The molecule has 0 rings (SSSR count). The Morgan fingerprint density at radius 1 is 1.00 bits per heavy atom. The topological polar surface area (TPSA) is 43.4 Å². The molecular weight excluding hydrogens is 158 g/mol. The van der Waals surface area contributed by atoms with Gasteiger partial charge in [-0.1, -0.05) is 0 Å². The van der Waals surface area contributed by atoms with Crippen LogP contribution in [0.15, 0.2) is 0 Å². The Morgan fingerprint density at radius 2 is 1.36 bits per heavy atom. The average molecular weight is 166 g/mol. The third-order valence-corrected chi connectivity index (χ3v) is 0.886. The Kier molecular flexibility index (Phi) is 5.46. The Labute approximate surface area is 62.3 Å². The molecule has 0 aromatic heterocycles. The highest BCUT2D eigenvalue weighted by Gasteiger charge is 1.99. The summed E-state index contributed by atoms with van der Waals surface area (Å²) in [4.78, 5) is 19.3. The van der Waals surface area contributed by atoms with Crippen LogP contribution >= 0.6 is 0 Å². The second-order valence-electron chi connectivity index (χ2n) is 1.82. The summed E-state index contributed by atoms with van der Waals surface area (Å²) in [5.74, 6) is 0. The van der Waals surface area contributed by atoms with Crippen LogP contribution in [0.25, 0.3) is 0 Å². The first kappa shape index (κ1) is 10.2. The third kappa shape index (κ3) is 9.16. The lowest BCUT2D eigenvalue weighted by Gasteiger charge is -1.96. The molecule has 0 N–H and O–H groups in total. The summed E-state index contributed by atoms with van der Waals surface area (Å²) in [6.45, 7) is -0.217. The second-order valence-corrected chi connectivity index (χ2v) is 1.82. The Morgan fingerprint density at radius 3 is 1.64 bits per heavy atom. The van der Waals surface area contributed by atoms with E-state index in [2.05, 4.69) is 4.74 Å². The lowest BCUT2D eigenvalue weighted by atomic mass is 10.4. The zero-order valence-electron chi connectivity index (χ0n) is 5.81. The smallest absolute Gasteiger partial charge is 0.303 e. The van der Waals surface area contributed by atoms with Gasteiger partial charge < -0.3 is 4.74 Å². The van der Waals surface area contributed by atoms with Gasteiger partial charge in [-0.15, -0.1) is 0 Å². The van der Waals surface area contributed by atoms with Crippen LogP contribution in [0.5, 0.6) is 0 Å². The Bertz CT molecular complexity index is 131. The number of hydrogen-bond donors (Lipinski definition) is 0. The van der Waals surface area contributed by atoms with E-state index in [1.807, 2.05) is 0 Å². The number of carbonyl (C=O) groups excluding carboxylic acids is 2. The van der Waals surface area contributed by atoms with Gasteiger partial charge in [-0.05, 0) is 0 Å². The molecule has 0 bridgehead atoms. The van der Waals surface area contributed by atoms with Crippen LogP contribution in [0.1, 0.15) is 12.8 Å². The summed E-state index contributed by atoms with van der Waals surface area (Å²) < 4.78 is 27.4. The van der Waals surface area contributed by atoms with Crippen molar-refractivity contribution in [2.24, 2.45) is 0 Å². The average Bonchev–Trinajstić information content (AvgIpc) is 1.85. The molecular formula is C6H8F2O3. The van der Waals surface area contributed by atoms with E-state index in [-0.39, 0.29) is 26.1 Å². The van der Waals surface area contributed by atoms with Crippen LogP contribution in [0, 0.1) is 0 Å². The molecule has 0 unspecified atom stereocenters. The van der Waals surface area contributed by atoms with Crippen molar-refractivity contribution >= 4 is 12.1 Å². The number of rotatable bonds is 6. The Hall–Kier alpha value is -0.840. The minimum atomic E-state index is -1.48. The normalized spacial score (nSPS) is 9.64. The maximum atomic E-state index is 11.4. The van der Waals surface area contributed by atoms with Crippen molar-refractivity contribution in [1.82, 2.24) is 0 Å². The predicted octanol–water partition coefficient (Wildman–Crippen LogP) is 0.775. The number of halogens is 2. The van der Waals surface area contributed by atoms with E-state index in [9.17, 15) is 18.4 Å². The van der Waals surface area contributed by atoms with Gasteiger partial charge in [-0.3, -0.25) is 9.59 Å². The largest absolute Gasteiger partial charge is 0.380 e. The molecule has 0 aromatic carbocycles. The van der Waals surface area contributed by atoms with Crippen molar-refractivity contribution < 1.29 is 23.1 Å². The van der Waals surface area contributed by atoms with Gasteiger partial charge in [-0.2, -0.15) is 8.78 Å². The third-order valence-electron chi connectivity index (χ3n) is 0.886. The number of hydrogen-bond acceptors (Lipinski definition) is 3. The van der Waals surface area contributed by atoms with E-state index in [1.165, 1.54) is 0 Å². The van der Waals surface area contributed by atoms with Crippen LogP contribution in [-0.4, -0.2) is 25.3 Å². The van der Waals surface area contributed by atoms with Gasteiger partial charge in [0.25, 0.3) is 0 Å². The van der Waals surface area contributed by atoms with Crippen LogP contribution in [0.4, 0.5) is 8.78 Å². The molecule has 0 radical (unpaired) electrons. The summed E-state index contributed by atoms with van der Waals surface area (Å²) in [6, 6.07) is -2.95. The number of ether oxygens (including phenoxy) is 1. The summed E-state index contributed by atoms with van der Waals surface area (Å²) in [6.07, 6.45) is -0.693. The van der Waals surface area contributed by atoms with E-state index in [0.29, 0.717) is 0 Å². The minimum absolute atomic E-state index is 0.109. The summed E-state index contributed by atoms with van der Waals surface area (Å²) in [7, 11) is 0. The standard InChI is InChI=1S/C6H8F2O3/c7-5(9)1-3-11-4-2-6(8)10/h1-4H2. The van der Waals surface area contributed by atoms with Crippen molar-refractivity contribution in [1.29, 1.82) is 0 Å². The first-order valence-electron chi connectivity index (χ1n) is 3.07. The molecule has 0 spiro atoms. The molecule has 5 heteroatoms. The van der Waals surface area contributed by atoms with Gasteiger partial charge in [0, 0.05) is 0 Å². The number of carbonyl (C=O) groups is 2. The van der Waals surface area contributed by atoms with E-state index < -0.39 is 12.1 Å².